The molecule has 0 saturated carbocycles. The van der Waals surface area contributed by atoms with Crippen LogP contribution in [0.1, 0.15) is 4.88 Å². The number of rotatable bonds is 6. The molecule has 0 bridgehead atoms. The Bertz CT molecular complexity index is 1290. The maximum Gasteiger partial charge on any atom is 0.332 e. The van der Waals surface area contributed by atoms with Crippen LogP contribution in [0.15, 0.2) is 62.8 Å². The Balaban J connectivity index is 1.67. The lowest BCUT2D eigenvalue weighted by Gasteiger charge is -2.12. The molecule has 1 aromatic carbocycles. The summed E-state index contributed by atoms with van der Waals surface area (Å²) in [4.78, 5) is 39.5. The van der Waals surface area contributed by atoms with E-state index in [1.165, 1.54) is 20.5 Å². The molecule has 0 aliphatic rings. The summed E-state index contributed by atoms with van der Waals surface area (Å²) in [7, 11) is 0. The third-order valence-corrected chi connectivity index (χ3v) is 6.61. The van der Waals surface area contributed by atoms with Gasteiger partial charge in [0.15, 0.2) is 0 Å². The summed E-state index contributed by atoms with van der Waals surface area (Å²) in [5.41, 5.74) is 0.123. The van der Waals surface area contributed by atoms with Gasteiger partial charge in [-0.3, -0.25) is 18.7 Å². The SMILES string of the molecule is O=C(Cn1c(=O)n(CCc2cccs2)c(=O)c2sccc21)Nc1ccccc1Cl. The zero-order valence-electron chi connectivity index (χ0n) is 15.1. The number of benzene rings is 1. The quantitative estimate of drug-likeness (QED) is 0.490. The average Bonchev–Trinajstić information content (AvgIpc) is 3.39. The monoisotopic (exact) mass is 445 g/mol. The molecule has 148 valence electrons. The van der Waals surface area contributed by atoms with Gasteiger partial charge in [0.05, 0.1) is 16.2 Å². The normalized spacial score (nSPS) is 11.1. The van der Waals surface area contributed by atoms with E-state index in [0.717, 1.165) is 4.88 Å². The molecule has 3 aromatic heterocycles. The molecule has 3 heterocycles. The fourth-order valence-corrected chi connectivity index (χ4v) is 4.78. The van der Waals surface area contributed by atoms with Gasteiger partial charge < -0.3 is 5.32 Å². The molecule has 0 aliphatic carbocycles. The van der Waals surface area contributed by atoms with E-state index < -0.39 is 11.6 Å². The van der Waals surface area contributed by atoms with Crippen molar-refractivity contribution in [1.29, 1.82) is 0 Å². The first kappa shape index (κ1) is 19.6. The summed E-state index contributed by atoms with van der Waals surface area (Å²) in [5.74, 6) is -0.392. The van der Waals surface area contributed by atoms with E-state index in [2.05, 4.69) is 5.32 Å². The largest absolute Gasteiger partial charge is 0.332 e. The van der Waals surface area contributed by atoms with Crippen molar-refractivity contribution in [2.75, 3.05) is 5.32 Å². The van der Waals surface area contributed by atoms with Crippen LogP contribution in [0.5, 0.6) is 0 Å². The fraction of sp³-hybridized carbons (Fsp3) is 0.150. The van der Waals surface area contributed by atoms with E-state index in [9.17, 15) is 14.4 Å². The summed E-state index contributed by atoms with van der Waals surface area (Å²) in [6.45, 7) is 0.0503. The van der Waals surface area contributed by atoms with Gasteiger partial charge in [-0.25, -0.2) is 4.79 Å². The highest BCUT2D eigenvalue weighted by molar-refractivity contribution is 7.17. The van der Waals surface area contributed by atoms with Crippen molar-refractivity contribution in [3.8, 4) is 0 Å². The summed E-state index contributed by atoms with van der Waals surface area (Å²) in [6.07, 6.45) is 0.579. The average molecular weight is 446 g/mol. The van der Waals surface area contributed by atoms with Gasteiger partial charge in [-0.15, -0.1) is 22.7 Å². The van der Waals surface area contributed by atoms with Gasteiger partial charge in [0.2, 0.25) is 5.91 Å². The van der Waals surface area contributed by atoms with E-state index in [0.29, 0.717) is 27.3 Å². The first-order valence-electron chi connectivity index (χ1n) is 8.82. The maximum absolute atomic E-state index is 13.0. The first-order chi connectivity index (χ1) is 14.0. The highest BCUT2D eigenvalue weighted by Crippen LogP contribution is 2.21. The van der Waals surface area contributed by atoms with Crippen molar-refractivity contribution in [3.63, 3.8) is 0 Å². The molecule has 9 heteroatoms. The molecule has 0 saturated heterocycles. The number of amides is 1. The lowest BCUT2D eigenvalue weighted by molar-refractivity contribution is -0.116. The Morgan fingerprint density at radius 2 is 1.83 bits per heavy atom. The molecule has 0 fully saturated rings. The van der Waals surface area contributed by atoms with Crippen molar-refractivity contribution in [2.45, 2.75) is 19.5 Å². The van der Waals surface area contributed by atoms with Crippen LogP contribution >= 0.6 is 34.3 Å². The number of aromatic nitrogens is 2. The number of nitrogens with zero attached hydrogens (tertiary/aromatic N) is 2. The number of halogens is 1. The Morgan fingerprint density at radius 3 is 2.59 bits per heavy atom. The Kier molecular flexibility index (Phi) is 5.66. The predicted molar refractivity (Wildman–Crippen MR) is 118 cm³/mol. The van der Waals surface area contributed by atoms with Crippen LogP contribution in [0, 0.1) is 0 Å². The van der Waals surface area contributed by atoms with Gasteiger partial charge in [-0.05, 0) is 41.4 Å². The topological polar surface area (TPSA) is 73.1 Å². The smallest absolute Gasteiger partial charge is 0.323 e. The van der Waals surface area contributed by atoms with E-state index in [1.807, 2.05) is 17.5 Å². The highest BCUT2D eigenvalue weighted by Gasteiger charge is 2.17. The molecule has 4 aromatic rings. The van der Waals surface area contributed by atoms with Crippen LogP contribution in [0.2, 0.25) is 5.02 Å². The number of carbonyl (C=O) groups is 1. The van der Waals surface area contributed by atoms with Gasteiger partial charge in [0, 0.05) is 11.4 Å². The van der Waals surface area contributed by atoms with Gasteiger partial charge in [0.25, 0.3) is 5.56 Å². The summed E-state index contributed by atoms with van der Waals surface area (Å²) < 4.78 is 3.01. The van der Waals surface area contributed by atoms with Crippen LogP contribution in [0.25, 0.3) is 10.2 Å². The first-order valence-corrected chi connectivity index (χ1v) is 11.0. The molecular weight excluding hydrogens is 430 g/mol. The molecule has 0 atom stereocenters. The maximum atomic E-state index is 13.0. The van der Waals surface area contributed by atoms with Crippen molar-refractivity contribution in [1.82, 2.24) is 9.13 Å². The summed E-state index contributed by atoms with van der Waals surface area (Å²) in [5, 5.41) is 6.83. The number of hydrogen-bond donors (Lipinski definition) is 1. The van der Waals surface area contributed by atoms with E-state index in [4.69, 9.17) is 11.6 Å². The van der Waals surface area contributed by atoms with Gasteiger partial charge in [0.1, 0.15) is 11.2 Å². The second kappa shape index (κ2) is 8.36. The Hall–Kier alpha value is -2.68. The van der Waals surface area contributed by atoms with Crippen molar-refractivity contribution >= 4 is 56.1 Å². The third-order valence-electron chi connectivity index (χ3n) is 4.45. The Labute approximate surface area is 178 Å². The number of fused-ring (bicyclic) bond motifs is 1. The number of carbonyl (C=O) groups excluding carboxylic acids is 1. The fourth-order valence-electron chi connectivity index (χ4n) is 3.06. The minimum atomic E-state index is -0.494. The van der Waals surface area contributed by atoms with Crippen LogP contribution in [-0.2, 0) is 24.3 Å². The zero-order valence-corrected chi connectivity index (χ0v) is 17.5. The van der Waals surface area contributed by atoms with E-state index in [1.54, 1.807) is 47.0 Å². The molecule has 0 unspecified atom stereocenters. The second-order valence-corrected chi connectivity index (χ2v) is 8.67. The third kappa shape index (κ3) is 4.05. The number of para-hydroxylation sites is 1. The summed E-state index contributed by atoms with van der Waals surface area (Å²) >= 11 is 8.93. The molecule has 0 radical (unpaired) electrons. The van der Waals surface area contributed by atoms with E-state index >= 15 is 0 Å². The van der Waals surface area contributed by atoms with Crippen LogP contribution in [0.4, 0.5) is 5.69 Å². The van der Waals surface area contributed by atoms with Gasteiger partial charge in [-0.2, -0.15) is 0 Å². The second-order valence-electron chi connectivity index (χ2n) is 6.32. The molecule has 6 nitrogen and oxygen atoms in total. The number of nitrogens with one attached hydrogen (secondary N) is 1. The predicted octanol–water partition coefficient (Wildman–Crippen LogP) is 3.82. The highest BCUT2D eigenvalue weighted by atomic mass is 35.5. The molecule has 0 aliphatic heterocycles. The molecule has 1 N–H and O–H groups in total. The number of hydrogen-bond acceptors (Lipinski definition) is 5. The lowest BCUT2D eigenvalue weighted by Crippen LogP contribution is -2.41. The zero-order chi connectivity index (χ0) is 20.4. The summed E-state index contributed by atoms with van der Waals surface area (Å²) in [6, 6.07) is 12.5. The number of thiophene rings is 2. The van der Waals surface area contributed by atoms with Crippen molar-refractivity contribution in [2.24, 2.45) is 0 Å². The van der Waals surface area contributed by atoms with Crippen LogP contribution in [0.3, 0.4) is 0 Å². The molecule has 29 heavy (non-hydrogen) atoms. The van der Waals surface area contributed by atoms with Crippen LogP contribution < -0.4 is 16.6 Å². The number of anilines is 1. The minimum absolute atomic E-state index is 0.212. The van der Waals surface area contributed by atoms with Crippen molar-refractivity contribution < 1.29 is 4.79 Å². The van der Waals surface area contributed by atoms with E-state index in [-0.39, 0.29) is 18.6 Å². The van der Waals surface area contributed by atoms with Gasteiger partial charge >= 0.3 is 5.69 Å². The number of aryl methyl sites for hydroxylation is 1. The van der Waals surface area contributed by atoms with Crippen LogP contribution in [-0.4, -0.2) is 15.0 Å². The Morgan fingerprint density at radius 1 is 1.00 bits per heavy atom. The molecule has 1 amide bonds. The standard InChI is InChI=1S/C20H16ClN3O3S2/c21-14-5-1-2-6-15(14)22-17(25)12-24-16-8-11-29-18(16)19(26)23(20(24)27)9-7-13-4-3-10-28-13/h1-6,8,10-11H,7,9,12H2,(H,22,25). The lowest BCUT2D eigenvalue weighted by atomic mass is 10.3. The molecule has 4 rings (SSSR count). The molecule has 0 spiro atoms. The van der Waals surface area contributed by atoms with Gasteiger partial charge in [-0.1, -0.05) is 29.8 Å². The van der Waals surface area contributed by atoms with Crippen molar-refractivity contribution in [3.05, 3.63) is 84.0 Å². The molecular formula is C20H16ClN3O3S2. The minimum Gasteiger partial charge on any atom is -0.323 e.